The van der Waals surface area contributed by atoms with Gasteiger partial charge in [0.15, 0.2) is 18.0 Å². The van der Waals surface area contributed by atoms with Gasteiger partial charge in [-0.15, -0.1) is 8.98 Å². The molecule has 0 saturated carbocycles. The minimum atomic E-state index is 0.00310. The molecule has 14 heavy (non-hydrogen) atoms. The average molecular weight is 207 g/mol. The van der Waals surface area contributed by atoms with Crippen molar-refractivity contribution in [2.24, 2.45) is 0 Å². The van der Waals surface area contributed by atoms with Crippen LogP contribution < -0.4 is 0 Å². The maximum atomic E-state index is 12.5. The first-order chi connectivity index (χ1) is 6.77. The third-order valence-electron chi connectivity index (χ3n) is 2.05. The highest BCUT2D eigenvalue weighted by atomic mass is 32.2. The molecular weight excluding hydrogens is 201 g/mol. The van der Waals surface area contributed by atoms with Crippen LogP contribution >= 0.6 is 12.3 Å². The van der Waals surface area contributed by atoms with Gasteiger partial charge in [0.1, 0.15) is 6.07 Å². The molecule has 2 aromatic rings. The van der Waals surface area contributed by atoms with Gasteiger partial charge in [-0.1, -0.05) is 12.1 Å². The van der Waals surface area contributed by atoms with Crippen LogP contribution in [-0.4, -0.2) is 9.19 Å². The van der Waals surface area contributed by atoms with E-state index in [0.29, 0.717) is 10.9 Å². The van der Waals surface area contributed by atoms with Gasteiger partial charge in [0, 0.05) is 5.39 Å². The van der Waals surface area contributed by atoms with E-state index in [1.165, 1.54) is 0 Å². The van der Waals surface area contributed by atoms with Gasteiger partial charge in [-0.25, -0.2) is 0 Å². The Kier molecular flexibility index (Phi) is 2.14. The van der Waals surface area contributed by atoms with Crippen molar-refractivity contribution in [3.05, 3.63) is 29.5 Å². The van der Waals surface area contributed by atoms with Crippen LogP contribution in [0.4, 0.5) is 3.89 Å². The zero-order chi connectivity index (χ0) is 10.1. The molecule has 1 aromatic heterocycles. The molecule has 0 spiro atoms. The monoisotopic (exact) mass is 207 g/mol. The Hall–Kier alpha value is -1.54. The number of halogens is 1. The highest BCUT2D eigenvalue weighted by Crippen LogP contribution is 2.25. The number of para-hydroxylation sites is 1. The molecule has 0 radical (unpaired) electrons. The molecule has 0 amide bonds. The van der Waals surface area contributed by atoms with E-state index < -0.39 is 0 Å². The van der Waals surface area contributed by atoms with Gasteiger partial charge in [-0.3, -0.25) is 0 Å². The van der Waals surface area contributed by atoms with Crippen LogP contribution in [0.3, 0.4) is 0 Å². The number of aromatic nitrogens is 2. The Bertz CT molecular complexity index is 527. The first-order valence-electron chi connectivity index (χ1n) is 3.95. The molecule has 1 aromatic carbocycles. The maximum Gasteiger partial charge on any atom is 0.188 e. The first kappa shape index (κ1) is 9.03. The molecule has 0 saturated heterocycles. The molecule has 0 aliphatic rings. The Labute approximate surface area is 84.6 Å². The van der Waals surface area contributed by atoms with Crippen molar-refractivity contribution in [1.82, 2.24) is 9.19 Å². The highest BCUT2D eigenvalue weighted by molar-refractivity contribution is 7.92. The van der Waals surface area contributed by atoms with Crippen molar-refractivity contribution in [3.8, 4) is 6.07 Å². The van der Waals surface area contributed by atoms with Crippen LogP contribution in [0.5, 0.6) is 0 Å². The topological polar surface area (TPSA) is 41.6 Å². The lowest BCUT2D eigenvalue weighted by molar-refractivity contribution is 0.885. The van der Waals surface area contributed by atoms with Crippen LogP contribution in [0.2, 0.25) is 0 Å². The predicted molar refractivity (Wildman–Crippen MR) is 53.3 cm³/mol. The molecule has 0 aliphatic carbocycles. The van der Waals surface area contributed by atoms with E-state index >= 15 is 0 Å². The molecule has 0 N–H and O–H groups in total. The SMILES string of the molecule is Cc1cccc2c(C#N)nn(SF)c12. The smallest absolute Gasteiger partial charge is 0.188 e. The summed E-state index contributed by atoms with van der Waals surface area (Å²) in [6.07, 6.45) is 0. The highest BCUT2D eigenvalue weighted by Gasteiger charge is 2.11. The number of benzene rings is 1. The number of nitrogens with zero attached hydrogens (tertiary/aromatic N) is 3. The van der Waals surface area contributed by atoms with Crippen molar-refractivity contribution >= 4 is 23.2 Å². The van der Waals surface area contributed by atoms with Gasteiger partial charge in [-0.05, 0) is 18.6 Å². The minimum Gasteiger partial charge on any atom is -0.191 e. The number of nitriles is 1. The summed E-state index contributed by atoms with van der Waals surface area (Å²) in [6, 6.07) is 7.39. The molecule has 1 heterocycles. The molecule has 0 bridgehead atoms. The third kappa shape index (κ3) is 1.16. The third-order valence-corrected chi connectivity index (χ3v) is 2.44. The van der Waals surface area contributed by atoms with E-state index in [1.54, 1.807) is 6.07 Å². The second-order valence-corrected chi connectivity index (χ2v) is 3.36. The lowest BCUT2D eigenvalue weighted by Crippen LogP contribution is -1.87. The zero-order valence-electron chi connectivity index (χ0n) is 7.36. The minimum absolute atomic E-state index is 0.00310. The summed E-state index contributed by atoms with van der Waals surface area (Å²) in [4.78, 5) is 0. The largest absolute Gasteiger partial charge is 0.191 e. The van der Waals surface area contributed by atoms with Crippen molar-refractivity contribution in [2.75, 3.05) is 0 Å². The van der Waals surface area contributed by atoms with Gasteiger partial charge in [0.05, 0.1) is 5.52 Å². The van der Waals surface area contributed by atoms with Gasteiger partial charge in [0.25, 0.3) is 0 Å². The van der Waals surface area contributed by atoms with E-state index in [2.05, 4.69) is 5.10 Å². The van der Waals surface area contributed by atoms with Crippen LogP contribution in [0, 0.1) is 18.3 Å². The fraction of sp³-hybridized carbons (Fsp3) is 0.111. The summed E-state index contributed by atoms with van der Waals surface area (Å²) in [7, 11) is 0. The van der Waals surface area contributed by atoms with Crippen LogP contribution in [-0.2, 0) is 0 Å². The molecule has 5 heteroatoms. The molecule has 3 nitrogen and oxygen atoms in total. The summed E-state index contributed by atoms with van der Waals surface area (Å²) in [5.74, 6) is 0. The molecule has 70 valence electrons. The van der Waals surface area contributed by atoms with Crippen molar-refractivity contribution < 1.29 is 3.89 Å². The molecular formula is C9H6FN3S. The van der Waals surface area contributed by atoms with Crippen molar-refractivity contribution in [2.45, 2.75) is 6.92 Å². The van der Waals surface area contributed by atoms with Gasteiger partial charge < -0.3 is 0 Å². The molecule has 2 rings (SSSR count). The van der Waals surface area contributed by atoms with Gasteiger partial charge >= 0.3 is 0 Å². The fourth-order valence-electron chi connectivity index (χ4n) is 1.43. The van der Waals surface area contributed by atoms with E-state index in [4.69, 9.17) is 5.26 Å². The maximum absolute atomic E-state index is 12.5. The van der Waals surface area contributed by atoms with Crippen LogP contribution in [0.25, 0.3) is 10.9 Å². The standard InChI is InChI=1S/C9H6FN3S/c1-6-3-2-4-7-8(5-11)12-13(14-10)9(6)7/h2-4H,1H3. The molecule has 0 atom stereocenters. The molecule has 0 aliphatic heterocycles. The van der Waals surface area contributed by atoms with E-state index in [9.17, 15) is 3.89 Å². The Balaban J connectivity index is 2.91. The molecule has 0 unspecified atom stereocenters. The summed E-state index contributed by atoms with van der Waals surface area (Å²) >= 11 is 0.00310. The van der Waals surface area contributed by atoms with Crippen molar-refractivity contribution in [3.63, 3.8) is 0 Å². The number of hydrogen-bond donors (Lipinski definition) is 0. The summed E-state index contributed by atoms with van der Waals surface area (Å²) in [6.45, 7) is 1.86. The summed E-state index contributed by atoms with van der Waals surface area (Å²) in [5, 5.41) is 13.3. The van der Waals surface area contributed by atoms with Gasteiger partial charge in [-0.2, -0.15) is 9.35 Å². The normalized spacial score (nSPS) is 10.4. The summed E-state index contributed by atoms with van der Waals surface area (Å²) < 4.78 is 13.6. The number of aryl methyl sites for hydroxylation is 1. The van der Waals surface area contributed by atoms with Crippen molar-refractivity contribution in [1.29, 1.82) is 5.26 Å². The fourth-order valence-corrected chi connectivity index (χ4v) is 1.86. The average Bonchev–Trinajstić information content (AvgIpc) is 2.57. The van der Waals surface area contributed by atoms with E-state index in [1.807, 2.05) is 25.1 Å². The number of rotatable bonds is 1. The van der Waals surface area contributed by atoms with Gasteiger partial charge in [0.2, 0.25) is 0 Å². The van der Waals surface area contributed by atoms with Crippen LogP contribution in [0.1, 0.15) is 11.3 Å². The van der Waals surface area contributed by atoms with E-state index in [0.717, 1.165) is 9.65 Å². The lowest BCUT2D eigenvalue weighted by atomic mass is 10.1. The second-order valence-electron chi connectivity index (χ2n) is 2.87. The zero-order valence-corrected chi connectivity index (χ0v) is 8.18. The van der Waals surface area contributed by atoms with Crippen LogP contribution in [0.15, 0.2) is 18.2 Å². The second kappa shape index (κ2) is 3.31. The summed E-state index contributed by atoms with van der Waals surface area (Å²) in [5.41, 5.74) is 1.83. The Morgan fingerprint density at radius 2 is 2.36 bits per heavy atom. The Morgan fingerprint density at radius 3 is 3.00 bits per heavy atom. The lowest BCUT2D eigenvalue weighted by Gasteiger charge is -1.97. The number of fused-ring (bicyclic) bond motifs is 1. The number of hydrogen-bond acceptors (Lipinski definition) is 3. The predicted octanol–water partition coefficient (Wildman–Crippen LogP) is 2.60. The molecule has 0 fully saturated rings. The quantitative estimate of drug-likeness (QED) is 0.721. The first-order valence-corrected chi connectivity index (χ1v) is 4.63. The van der Waals surface area contributed by atoms with E-state index in [-0.39, 0.29) is 18.0 Å². The Morgan fingerprint density at radius 1 is 1.57 bits per heavy atom.